The number of esters is 1. The maximum absolute atomic E-state index is 12.6. The Balaban J connectivity index is 1.59. The average Bonchev–Trinajstić information content (AvgIpc) is 3.32. The Labute approximate surface area is 163 Å². The molecule has 0 spiro atoms. The number of nitrogens with zero attached hydrogens (tertiary/aromatic N) is 4. The number of ether oxygens (including phenoxy) is 1. The fourth-order valence-corrected chi connectivity index (χ4v) is 4.71. The summed E-state index contributed by atoms with van der Waals surface area (Å²) in [6, 6.07) is 0. The minimum Gasteiger partial charge on any atom is -0.462 e. The fraction of sp³-hybridized carbons (Fsp3) is 0.389. The van der Waals surface area contributed by atoms with E-state index in [9.17, 15) is 14.4 Å². The first-order valence-corrected chi connectivity index (χ1v) is 9.80. The second-order valence-corrected chi connectivity index (χ2v) is 7.62. The van der Waals surface area contributed by atoms with E-state index < -0.39 is 11.9 Å². The minimum absolute atomic E-state index is 0.207. The van der Waals surface area contributed by atoms with Gasteiger partial charge in [-0.25, -0.2) is 9.78 Å². The number of carbonyl (C=O) groups excluding carboxylic acids is 2. The molecule has 10 heteroatoms. The first-order chi connectivity index (χ1) is 13.5. The third-order valence-corrected chi connectivity index (χ3v) is 5.89. The van der Waals surface area contributed by atoms with Crippen molar-refractivity contribution in [2.45, 2.75) is 32.7 Å². The summed E-state index contributed by atoms with van der Waals surface area (Å²) in [6.07, 6.45) is 5.45. The lowest BCUT2D eigenvalue weighted by Crippen LogP contribution is -2.28. The zero-order valence-electron chi connectivity index (χ0n) is 15.5. The van der Waals surface area contributed by atoms with Gasteiger partial charge in [-0.15, -0.1) is 11.3 Å². The molecule has 1 amide bonds. The predicted octanol–water partition coefficient (Wildman–Crippen LogP) is 1.50. The van der Waals surface area contributed by atoms with Crippen molar-refractivity contribution in [3.05, 3.63) is 38.9 Å². The molecule has 9 nitrogen and oxygen atoms in total. The number of rotatable bonds is 5. The van der Waals surface area contributed by atoms with Crippen molar-refractivity contribution >= 4 is 39.2 Å². The van der Waals surface area contributed by atoms with E-state index in [0.29, 0.717) is 21.6 Å². The highest BCUT2D eigenvalue weighted by atomic mass is 32.1. The molecular formula is C18H19N5O4S. The van der Waals surface area contributed by atoms with Crippen molar-refractivity contribution in [2.75, 3.05) is 11.9 Å². The van der Waals surface area contributed by atoms with E-state index >= 15 is 0 Å². The Morgan fingerprint density at radius 1 is 1.36 bits per heavy atom. The maximum Gasteiger partial charge on any atom is 0.341 e. The topological polar surface area (TPSA) is 108 Å². The van der Waals surface area contributed by atoms with Crippen LogP contribution < -0.4 is 10.9 Å². The van der Waals surface area contributed by atoms with Crippen molar-refractivity contribution < 1.29 is 14.3 Å². The zero-order chi connectivity index (χ0) is 19.8. The van der Waals surface area contributed by atoms with Gasteiger partial charge in [0.25, 0.3) is 5.56 Å². The molecule has 4 rings (SSSR count). The largest absolute Gasteiger partial charge is 0.462 e. The standard InChI is InChI=1S/C18H19N5O4S/c1-3-27-18(26)14-10-5-4-6-12(10)28-16(14)21-13(24)8-23-9-19-15-11(17(23)25)7-20-22(15)2/h7,9H,3-6,8H2,1-2H3,(H,21,24). The third kappa shape index (κ3) is 3.09. The van der Waals surface area contributed by atoms with E-state index in [1.54, 1.807) is 14.0 Å². The Hall–Kier alpha value is -3.01. The highest BCUT2D eigenvalue weighted by Gasteiger charge is 2.28. The SMILES string of the molecule is CCOC(=O)c1c(NC(=O)Cn2cnc3c(cnn3C)c2=O)sc2c1CCC2. The number of aryl methyl sites for hydroxylation is 2. The number of hydrogen-bond acceptors (Lipinski definition) is 7. The van der Waals surface area contributed by atoms with Gasteiger partial charge in [-0.3, -0.25) is 18.8 Å². The first-order valence-electron chi connectivity index (χ1n) is 8.98. The molecule has 0 aliphatic heterocycles. The lowest BCUT2D eigenvalue weighted by Gasteiger charge is -2.09. The van der Waals surface area contributed by atoms with Crippen LogP contribution in [0.4, 0.5) is 5.00 Å². The lowest BCUT2D eigenvalue weighted by molar-refractivity contribution is -0.116. The zero-order valence-corrected chi connectivity index (χ0v) is 16.3. The molecule has 0 aromatic carbocycles. The Morgan fingerprint density at radius 2 is 2.18 bits per heavy atom. The van der Waals surface area contributed by atoms with Gasteiger partial charge in [-0.05, 0) is 31.7 Å². The van der Waals surface area contributed by atoms with Gasteiger partial charge in [0, 0.05) is 11.9 Å². The van der Waals surface area contributed by atoms with Gasteiger partial charge in [-0.2, -0.15) is 5.10 Å². The molecular weight excluding hydrogens is 382 g/mol. The summed E-state index contributed by atoms with van der Waals surface area (Å²) in [5.41, 5.74) is 1.53. The molecule has 28 heavy (non-hydrogen) atoms. The van der Waals surface area contributed by atoms with E-state index in [1.807, 2.05) is 0 Å². The molecule has 1 N–H and O–H groups in total. The third-order valence-electron chi connectivity index (χ3n) is 4.69. The highest BCUT2D eigenvalue weighted by Crippen LogP contribution is 2.39. The highest BCUT2D eigenvalue weighted by molar-refractivity contribution is 7.17. The summed E-state index contributed by atoms with van der Waals surface area (Å²) in [5.74, 6) is -0.828. The van der Waals surface area contributed by atoms with Crippen LogP contribution in [0.1, 0.15) is 34.1 Å². The van der Waals surface area contributed by atoms with E-state index in [4.69, 9.17) is 4.74 Å². The Morgan fingerprint density at radius 3 is 2.96 bits per heavy atom. The number of nitrogens with one attached hydrogen (secondary N) is 1. The van der Waals surface area contributed by atoms with Crippen LogP contribution in [0.5, 0.6) is 0 Å². The maximum atomic E-state index is 12.6. The normalized spacial score (nSPS) is 12.9. The summed E-state index contributed by atoms with van der Waals surface area (Å²) in [6.45, 7) is 1.81. The van der Waals surface area contributed by atoms with Crippen LogP contribution in [0.3, 0.4) is 0 Å². The molecule has 0 bridgehead atoms. The van der Waals surface area contributed by atoms with Gasteiger partial charge in [0.2, 0.25) is 5.91 Å². The molecule has 3 aromatic heterocycles. The molecule has 0 atom stereocenters. The first kappa shape index (κ1) is 18.4. The van der Waals surface area contributed by atoms with Gasteiger partial charge in [-0.1, -0.05) is 0 Å². The van der Waals surface area contributed by atoms with Gasteiger partial charge >= 0.3 is 5.97 Å². The van der Waals surface area contributed by atoms with Crippen molar-refractivity contribution in [2.24, 2.45) is 7.05 Å². The van der Waals surface area contributed by atoms with Crippen molar-refractivity contribution in [1.82, 2.24) is 19.3 Å². The number of fused-ring (bicyclic) bond motifs is 2. The lowest BCUT2D eigenvalue weighted by atomic mass is 10.1. The smallest absolute Gasteiger partial charge is 0.341 e. The number of aromatic nitrogens is 4. The van der Waals surface area contributed by atoms with E-state index in [-0.39, 0.29) is 18.7 Å². The molecule has 0 fully saturated rings. The van der Waals surface area contributed by atoms with Crippen LogP contribution in [-0.2, 0) is 36.0 Å². The number of thiophene rings is 1. The molecule has 1 aliphatic carbocycles. The van der Waals surface area contributed by atoms with Crippen molar-refractivity contribution in [3.63, 3.8) is 0 Å². The van der Waals surface area contributed by atoms with E-state index in [0.717, 1.165) is 29.7 Å². The fourth-order valence-electron chi connectivity index (χ4n) is 3.41. The van der Waals surface area contributed by atoms with Crippen LogP contribution in [0.15, 0.2) is 17.3 Å². The predicted molar refractivity (Wildman–Crippen MR) is 104 cm³/mol. The van der Waals surface area contributed by atoms with Crippen LogP contribution in [0.2, 0.25) is 0 Å². The number of carbonyl (C=O) groups is 2. The summed E-state index contributed by atoms with van der Waals surface area (Å²) < 4.78 is 7.89. The summed E-state index contributed by atoms with van der Waals surface area (Å²) >= 11 is 1.40. The van der Waals surface area contributed by atoms with Gasteiger partial charge in [0.05, 0.1) is 18.4 Å². The molecule has 3 heterocycles. The van der Waals surface area contributed by atoms with Crippen LogP contribution >= 0.6 is 11.3 Å². The van der Waals surface area contributed by atoms with E-state index in [2.05, 4.69) is 15.4 Å². The monoisotopic (exact) mass is 401 g/mol. The molecule has 0 radical (unpaired) electrons. The number of hydrogen-bond donors (Lipinski definition) is 1. The van der Waals surface area contributed by atoms with Gasteiger partial charge < -0.3 is 10.1 Å². The minimum atomic E-state index is -0.423. The summed E-state index contributed by atoms with van der Waals surface area (Å²) in [7, 11) is 1.69. The number of anilines is 1. The molecule has 1 aliphatic rings. The van der Waals surface area contributed by atoms with Crippen molar-refractivity contribution in [1.29, 1.82) is 0 Å². The average molecular weight is 401 g/mol. The second kappa shape index (κ2) is 7.19. The van der Waals surface area contributed by atoms with Crippen LogP contribution in [-0.4, -0.2) is 37.8 Å². The van der Waals surface area contributed by atoms with Crippen molar-refractivity contribution in [3.8, 4) is 0 Å². The van der Waals surface area contributed by atoms with Gasteiger partial charge in [0.15, 0.2) is 5.65 Å². The quantitative estimate of drug-likeness (QED) is 0.649. The second-order valence-electron chi connectivity index (χ2n) is 6.51. The Kier molecular flexibility index (Phi) is 4.71. The molecule has 146 valence electrons. The molecule has 0 unspecified atom stereocenters. The Bertz CT molecular complexity index is 1140. The molecule has 3 aromatic rings. The van der Waals surface area contributed by atoms with E-state index in [1.165, 1.54) is 33.1 Å². The van der Waals surface area contributed by atoms with Gasteiger partial charge in [0.1, 0.15) is 23.3 Å². The van der Waals surface area contributed by atoms with Crippen LogP contribution in [0.25, 0.3) is 11.0 Å². The summed E-state index contributed by atoms with van der Waals surface area (Å²) in [4.78, 5) is 42.8. The number of amides is 1. The van der Waals surface area contributed by atoms with Crippen LogP contribution in [0, 0.1) is 0 Å². The molecule has 0 saturated carbocycles. The summed E-state index contributed by atoms with van der Waals surface area (Å²) in [5, 5.41) is 7.62. The molecule has 0 saturated heterocycles.